The molecule has 3 rings (SSSR count). The van der Waals surface area contributed by atoms with Crippen LogP contribution in [-0.4, -0.2) is 19.9 Å². The van der Waals surface area contributed by atoms with Gasteiger partial charge in [-0.1, -0.05) is 67.3 Å². The van der Waals surface area contributed by atoms with Crippen molar-refractivity contribution in [3.05, 3.63) is 83.7 Å². The average Bonchev–Trinajstić information content (AvgIpc) is 2.88. The minimum absolute atomic E-state index is 0.0567. The van der Waals surface area contributed by atoms with Gasteiger partial charge in [-0.05, 0) is 16.7 Å². The molecule has 0 aliphatic heterocycles. The molecule has 0 saturated carbocycles. The van der Waals surface area contributed by atoms with Gasteiger partial charge in [0.25, 0.3) is 0 Å². The van der Waals surface area contributed by atoms with Crippen molar-refractivity contribution in [1.82, 2.24) is 14.8 Å². The fourth-order valence-corrected chi connectivity index (χ4v) is 2.27. The van der Waals surface area contributed by atoms with Gasteiger partial charge in [-0.15, -0.1) is 0 Å². The average molecular weight is 291 g/mol. The number of hydrogen-bond donors (Lipinski definition) is 1. The maximum atomic E-state index is 9.94. The van der Waals surface area contributed by atoms with Crippen molar-refractivity contribution in [2.24, 2.45) is 0 Å². The van der Waals surface area contributed by atoms with E-state index in [9.17, 15) is 5.11 Å². The van der Waals surface area contributed by atoms with Gasteiger partial charge < -0.3 is 5.11 Å². The Hall–Kier alpha value is -2.88. The van der Waals surface area contributed by atoms with Crippen LogP contribution in [0.15, 0.2) is 61.2 Å². The van der Waals surface area contributed by atoms with Crippen molar-refractivity contribution in [3.8, 4) is 6.01 Å². The largest absolute Gasteiger partial charge is 0.479 e. The Morgan fingerprint density at radius 1 is 1.00 bits per heavy atom. The molecule has 0 unspecified atom stereocenters. The van der Waals surface area contributed by atoms with E-state index in [1.165, 1.54) is 4.68 Å². The summed E-state index contributed by atoms with van der Waals surface area (Å²) in [4.78, 5) is 4.13. The minimum Gasteiger partial charge on any atom is -0.479 e. The first-order valence-corrected chi connectivity index (χ1v) is 7.12. The standard InChI is InChI=1S/C18H17N3O/c1-2-14-8-10-16(11-9-14)13-21-18(22)19-17(20-21)12-15-6-4-3-5-7-15/h2-11H,1,12-13H2,(H,19,20,22). The molecule has 0 amide bonds. The van der Waals surface area contributed by atoms with Crippen LogP contribution in [0.25, 0.3) is 6.08 Å². The zero-order valence-electron chi connectivity index (χ0n) is 12.2. The molecule has 1 heterocycles. The molecule has 0 saturated heterocycles. The van der Waals surface area contributed by atoms with E-state index in [2.05, 4.69) is 16.7 Å². The Morgan fingerprint density at radius 3 is 2.41 bits per heavy atom. The van der Waals surface area contributed by atoms with Crippen molar-refractivity contribution in [2.75, 3.05) is 0 Å². The second-order valence-corrected chi connectivity index (χ2v) is 5.09. The van der Waals surface area contributed by atoms with Gasteiger partial charge in [-0.3, -0.25) is 0 Å². The number of rotatable bonds is 5. The molecule has 1 N–H and O–H groups in total. The second kappa shape index (κ2) is 6.26. The van der Waals surface area contributed by atoms with E-state index >= 15 is 0 Å². The van der Waals surface area contributed by atoms with E-state index in [-0.39, 0.29) is 6.01 Å². The van der Waals surface area contributed by atoms with E-state index in [0.29, 0.717) is 18.8 Å². The van der Waals surface area contributed by atoms with Crippen LogP contribution in [0.5, 0.6) is 6.01 Å². The third-order valence-electron chi connectivity index (χ3n) is 3.45. The summed E-state index contributed by atoms with van der Waals surface area (Å²) in [7, 11) is 0. The predicted octanol–water partition coefficient (Wildman–Crippen LogP) is 3.27. The van der Waals surface area contributed by atoms with Crippen molar-refractivity contribution in [3.63, 3.8) is 0 Å². The lowest BCUT2D eigenvalue weighted by atomic mass is 10.1. The zero-order chi connectivity index (χ0) is 15.4. The van der Waals surface area contributed by atoms with Crippen LogP contribution in [-0.2, 0) is 13.0 Å². The molecule has 22 heavy (non-hydrogen) atoms. The SMILES string of the molecule is C=Cc1ccc(Cn2nc(Cc3ccccc3)nc2O)cc1. The normalized spacial score (nSPS) is 10.5. The van der Waals surface area contributed by atoms with Crippen LogP contribution >= 0.6 is 0 Å². The summed E-state index contributed by atoms with van der Waals surface area (Å²) in [6.07, 6.45) is 2.41. The molecule has 110 valence electrons. The highest BCUT2D eigenvalue weighted by Gasteiger charge is 2.09. The fourth-order valence-electron chi connectivity index (χ4n) is 2.27. The lowest BCUT2D eigenvalue weighted by molar-refractivity contribution is 0.393. The highest BCUT2D eigenvalue weighted by molar-refractivity contribution is 5.47. The van der Waals surface area contributed by atoms with Gasteiger partial charge >= 0.3 is 6.01 Å². The van der Waals surface area contributed by atoms with Crippen LogP contribution in [0.2, 0.25) is 0 Å². The molecule has 0 aliphatic carbocycles. The van der Waals surface area contributed by atoms with Gasteiger partial charge in [0.05, 0.1) is 6.54 Å². The molecule has 2 aromatic carbocycles. The molecule has 0 bridgehead atoms. The van der Waals surface area contributed by atoms with E-state index < -0.39 is 0 Å². The van der Waals surface area contributed by atoms with Gasteiger partial charge in [0, 0.05) is 6.42 Å². The van der Waals surface area contributed by atoms with Gasteiger partial charge in [-0.2, -0.15) is 10.1 Å². The van der Waals surface area contributed by atoms with Crippen molar-refractivity contribution in [1.29, 1.82) is 0 Å². The lowest BCUT2D eigenvalue weighted by Crippen LogP contribution is -2.02. The molecule has 3 aromatic rings. The Balaban J connectivity index is 1.75. The molecule has 1 aromatic heterocycles. The third kappa shape index (κ3) is 3.23. The molecule has 0 spiro atoms. The van der Waals surface area contributed by atoms with Gasteiger partial charge in [0.15, 0.2) is 5.82 Å². The van der Waals surface area contributed by atoms with Crippen molar-refractivity contribution >= 4 is 6.08 Å². The molecular formula is C18H17N3O. The summed E-state index contributed by atoms with van der Waals surface area (Å²) >= 11 is 0. The maximum absolute atomic E-state index is 9.94. The lowest BCUT2D eigenvalue weighted by Gasteiger charge is -2.02. The summed E-state index contributed by atoms with van der Waals surface area (Å²) in [5, 5.41) is 14.3. The summed E-state index contributed by atoms with van der Waals surface area (Å²) in [5.41, 5.74) is 3.24. The quantitative estimate of drug-likeness (QED) is 0.785. The summed E-state index contributed by atoms with van der Waals surface area (Å²) in [6, 6.07) is 17.9. The molecule has 0 atom stereocenters. The van der Waals surface area contributed by atoms with Crippen molar-refractivity contribution < 1.29 is 5.11 Å². The van der Waals surface area contributed by atoms with Crippen LogP contribution in [0.3, 0.4) is 0 Å². The second-order valence-electron chi connectivity index (χ2n) is 5.09. The van der Waals surface area contributed by atoms with Gasteiger partial charge in [0.1, 0.15) is 0 Å². The molecule has 0 aliphatic rings. The van der Waals surface area contributed by atoms with Crippen molar-refractivity contribution in [2.45, 2.75) is 13.0 Å². The van der Waals surface area contributed by atoms with E-state index in [1.807, 2.05) is 54.6 Å². The third-order valence-corrected chi connectivity index (χ3v) is 3.45. The minimum atomic E-state index is -0.0567. The highest BCUT2D eigenvalue weighted by atomic mass is 16.3. The number of aromatic hydroxyl groups is 1. The number of hydrogen-bond acceptors (Lipinski definition) is 3. The number of nitrogens with zero attached hydrogens (tertiary/aromatic N) is 3. The Morgan fingerprint density at radius 2 is 1.73 bits per heavy atom. The summed E-state index contributed by atoms with van der Waals surface area (Å²) < 4.78 is 1.52. The Bertz CT molecular complexity index is 761. The smallest absolute Gasteiger partial charge is 0.312 e. The van der Waals surface area contributed by atoms with E-state index in [1.54, 1.807) is 6.08 Å². The molecular weight excluding hydrogens is 274 g/mol. The Kier molecular flexibility index (Phi) is 4.01. The number of aromatic nitrogens is 3. The molecule has 0 radical (unpaired) electrons. The first-order chi connectivity index (χ1) is 10.7. The fraction of sp³-hybridized carbons (Fsp3) is 0.111. The first-order valence-electron chi connectivity index (χ1n) is 7.12. The van der Waals surface area contributed by atoms with Crippen LogP contribution in [0.1, 0.15) is 22.5 Å². The highest BCUT2D eigenvalue weighted by Crippen LogP contribution is 2.13. The maximum Gasteiger partial charge on any atom is 0.312 e. The topological polar surface area (TPSA) is 50.9 Å². The number of benzene rings is 2. The molecule has 4 heteroatoms. The summed E-state index contributed by atoms with van der Waals surface area (Å²) in [6.45, 7) is 4.23. The first kappa shape index (κ1) is 14.1. The summed E-state index contributed by atoms with van der Waals surface area (Å²) in [5.74, 6) is 0.617. The molecule has 0 fully saturated rings. The van der Waals surface area contributed by atoms with E-state index in [4.69, 9.17) is 0 Å². The monoisotopic (exact) mass is 291 g/mol. The van der Waals surface area contributed by atoms with Gasteiger partial charge in [-0.25, -0.2) is 4.68 Å². The van der Waals surface area contributed by atoms with Crippen LogP contribution in [0.4, 0.5) is 0 Å². The Labute approximate surface area is 129 Å². The van der Waals surface area contributed by atoms with E-state index in [0.717, 1.165) is 16.7 Å². The van der Waals surface area contributed by atoms with Crippen LogP contribution < -0.4 is 0 Å². The molecule has 4 nitrogen and oxygen atoms in total. The zero-order valence-corrected chi connectivity index (χ0v) is 12.2. The predicted molar refractivity (Wildman–Crippen MR) is 86.6 cm³/mol. The van der Waals surface area contributed by atoms with Crippen LogP contribution in [0, 0.1) is 0 Å². The van der Waals surface area contributed by atoms with Gasteiger partial charge in [0.2, 0.25) is 0 Å².